The van der Waals surface area contributed by atoms with Crippen molar-refractivity contribution in [3.8, 4) is 6.07 Å². The van der Waals surface area contributed by atoms with Gasteiger partial charge in [0.25, 0.3) is 11.6 Å². The van der Waals surface area contributed by atoms with E-state index in [1.165, 1.54) is 23.5 Å². The molecule has 0 saturated heterocycles. The lowest BCUT2D eigenvalue weighted by Crippen LogP contribution is -2.12. The zero-order valence-electron chi connectivity index (χ0n) is 11.6. The van der Waals surface area contributed by atoms with Crippen LogP contribution in [0.3, 0.4) is 0 Å². The monoisotopic (exact) mass is 335 g/mol. The quantitative estimate of drug-likeness (QED) is 0.676. The minimum absolute atomic E-state index is 0.0397. The van der Waals surface area contributed by atoms with E-state index >= 15 is 0 Å². The first kappa shape index (κ1) is 15.9. The van der Waals surface area contributed by atoms with E-state index in [1.807, 2.05) is 13.0 Å². The lowest BCUT2D eigenvalue weighted by molar-refractivity contribution is -0.384. The Morgan fingerprint density at radius 1 is 1.45 bits per heavy atom. The van der Waals surface area contributed by atoms with E-state index in [1.54, 1.807) is 6.92 Å². The molecule has 6 nitrogen and oxygen atoms in total. The predicted molar refractivity (Wildman–Crippen MR) is 84.6 cm³/mol. The molecule has 0 saturated carbocycles. The third-order valence-corrected chi connectivity index (χ3v) is 4.57. The Kier molecular flexibility index (Phi) is 4.45. The van der Waals surface area contributed by atoms with Gasteiger partial charge in [0.05, 0.1) is 10.5 Å². The van der Waals surface area contributed by atoms with Crippen LogP contribution in [0.25, 0.3) is 0 Å². The molecule has 1 amide bonds. The number of benzene rings is 1. The van der Waals surface area contributed by atoms with Crippen molar-refractivity contribution < 1.29 is 9.72 Å². The summed E-state index contributed by atoms with van der Waals surface area (Å²) >= 11 is 7.00. The van der Waals surface area contributed by atoms with Crippen LogP contribution >= 0.6 is 22.9 Å². The van der Waals surface area contributed by atoms with Crippen molar-refractivity contribution in [2.24, 2.45) is 0 Å². The van der Waals surface area contributed by atoms with Crippen LogP contribution < -0.4 is 5.32 Å². The van der Waals surface area contributed by atoms with Crippen LogP contribution in [-0.4, -0.2) is 10.8 Å². The van der Waals surface area contributed by atoms with Crippen LogP contribution in [0.2, 0.25) is 5.02 Å². The Morgan fingerprint density at radius 2 is 2.14 bits per heavy atom. The van der Waals surface area contributed by atoms with Crippen molar-refractivity contribution in [2.75, 3.05) is 5.32 Å². The maximum Gasteiger partial charge on any atom is 0.288 e. The van der Waals surface area contributed by atoms with Gasteiger partial charge in [-0.1, -0.05) is 11.6 Å². The standard InChI is InChI=1S/C14H10ClN3O3S/c1-7-8(2)22-14(10(7)6-16)17-13(19)9-3-4-11(15)12(5-9)18(20)21/h3-5H,1-2H3,(H,17,19). The van der Waals surface area contributed by atoms with E-state index in [0.29, 0.717) is 10.6 Å². The molecule has 1 heterocycles. The van der Waals surface area contributed by atoms with Gasteiger partial charge < -0.3 is 5.32 Å². The largest absolute Gasteiger partial charge is 0.312 e. The second kappa shape index (κ2) is 6.13. The molecule has 0 aliphatic carbocycles. The van der Waals surface area contributed by atoms with Gasteiger partial charge in [0.15, 0.2) is 0 Å². The average Bonchev–Trinajstić information content (AvgIpc) is 2.73. The summed E-state index contributed by atoms with van der Waals surface area (Å²) in [6.45, 7) is 3.65. The summed E-state index contributed by atoms with van der Waals surface area (Å²) in [5.41, 5.74) is 0.973. The van der Waals surface area contributed by atoms with E-state index in [9.17, 15) is 14.9 Å². The Labute approximate surface area is 135 Å². The van der Waals surface area contributed by atoms with Gasteiger partial charge in [0.1, 0.15) is 16.1 Å². The number of nitro benzene ring substituents is 1. The van der Waals surface area contributed by atoms with E-state index in [2.05, 4.69) is 5.32 Å². The van der Waals surface area contributed by atoms with Crippen molar-refractivity contribution in [2.45, 2.75) is 13.8 Å². The Bertz CT molecular complexity index is 823. The molecule has 1 aromatic heterocycles. The normalized spacial score (nSPS) is 10.1. The number of nitrogens with zero attached hydrogens (tertiary/aromatic N) is 2. The number of rotatable bonds is 3. The second-order valence-corrected chi connectivity index (χ2v) is 6.11. The Morgan fingerprint density at radius 3 is 2.73 bits per heavy atom. The van der Waals surface area contributed by atoms with Gasteiger partial charge in [0, 0.05) is 16.5 Å². The molecular formula is C14H10ClN3O3S. The second-order valence-electron chi connectivity index (χ2n) is 4.48. The number of hydrogen-bond acceptors (Lipinski definition) is 5. The number of anilines is 1. The lowest BCUT2D eigenvalue weighted by Gasteiger charge is -2.04. The molecule has 0 unspecified atom stereocenters. The molecule has 22 heavy (non-hydrogen) atoms. The van der Waals surface area contributed by atoms with Crippen LogP contribution in [0.4, 0.5) is 10.7 Å². The van der Waals surface area contributed by atoms with E-state index in [4.69, 9.17) is 16.9 Å². The van der Waals surface area contributed by atoms with Gasteiger partial charge in [-0.3, -0.25) is 14.9 Å². The van der Waals surface area contributed by atoms with E-state index in [0.717, 1.165) is 16.5 Å². The molecule has 0 aliphatic heterocycles. The minimum atomic E-state index is -0.654. The average molecular weight is 336 g/mol. The van der Waals surface area contributed by atoms with Crippen LogP contribution in [0.15, 0.2) is 18.2 Å². The first-order valence-electron chi connectivity index (χ1n) is 6.10. The predicted octanol–water partition coefficient (Wildman–Crippen LogP) is 4.05. The fraction of sp³-hybridized carbons (Fsp3) is 0.143. The van der Waals surface area contributed by atoms with Crippen molar-refractivity contribution in [1.82, 2.24) is 0 Å². The topological polar surface area (TPSA) is 96.0 Å². The van der Waals surface area contributed by atoms with E-state index < -0.39 is 10.8 Å². The summed E-state index contributed by atoms with van der Waals surface area (Å²) in [5, 5.41) is 23.0. The number of aryl methyl sites for hydroxylation is 1. The summed E-state index contributed by atoms with van der Waals surface area (Å²) in [7, 11) is 0. The van der Waals surface area contributed by atoms with Crippen molar-refractivity contribution in [3.05, 3.63) is 54.9 Å². The van der Waals surface area contributed by atoms with Crippen molar-refractivity contribution in [1.29, 1.82) is 5.26 Å². The first-order valence-corrected chi connectivity index (χ1v) is 7.30. The van der Waals surface area contributed by atoms with Gasteiger partial charge in [0.2, 0.25) is 0 Å². The number of nitro groups is 1. The molecule has 2 rings (SSSR count). The number of carbonyl (C=O) groups is 1. The maximum atomic E-state index is 12.2. The zero-order chi connectivity index (χ0) is 16.4. The summed E-state index contributed by atoms with van der Waals surface area (Å²) in [6, 6.07) is 5.84. The Balaban J connectivity index is 2.35. The molecule has 0 atom stereocenters. The molecule has 1 aromatic carbocycles. The highest BCUT2D eigenvalue weighted by molar-refractivity contribution is 7.16. The van der Waals surface area contributed by atoms with Crippen LogP contribution in [-0.2, 0) is 0 Å². The van der Waals surface area contributed by atoms with Crippen LogP contribution in [0.1, 0.15) is 26.4 Å². The molecule has 0 radical (unpaired) electrons. The number of amides is 1. The molecular weight excluding hydrogens is 326 g/mol. The molecule has 0 aliphatic rings. The molecule has 2 aromatic rings. The smallest absolute Gasteiger partial charge is 0.288 e. The third kappa shape index (κ3) is 2.93. The fourth-order valence-corrected chi connectivity index (χ4v) is 3.01. The molecule has 1 N–H and O–H groups in total. The summed E-state index contributed by atoms with van der Waals surface area (Å²) in [6.07, 6.45) is 0. The van der Waals surface area contributed by atoms with Crippen molar-refractivity contribution >= 4 is 39.5 Å². The number of thiophene rings is 1. The van der Waals surface area contributed by atoms with Gasteiger partial charge in [-0.2, -0.15) is 5.26 Å². The molecule has 0 spiro atoms. The molecule has 8 heteroatoms. The molecule has 0 bridgehead atoms. The highest BCUT2D eigenvalue weighted by Crippen LogP contribution is 2.32. The van der Waals surface area contributed by atoms with Gasteiger partial charge >= 0.3 is 0 Å². The summed E-state index contributed by atoms with van der Waals surface area (Å²) in [4.78, 5) is 23.3. The number of hydrogen-bond donors (Lipinski definition) is 1. The maximum absolute atomic E-state index is 12.2. The van der Waals surface area contributed by atoms with Crippen LogP contribution in [0, 0.1) is 35.3 Å². The van der Waals surface area contributed by atoms with Gasteiger partial charge in [-0.15, -0.1) is 11.3 Å². The summed E-state index contributed by atoms with van der Waals surface area (Å²) in [5.74, 6) is -0.530. The minimum Gasteiger partial charge on any atom is -0.312 e. The first-order chi connectivity index (χ1) is 10.3. The number of nitriles is 1. The molecule has 0 fully saturated rings. The number of halogens is 1. The Hall–Kier alpha value is -2.43. The van der Waals surface area contributed by atoms with Crippen LogP contribution in [0.5, 0.6) is 0 Å². The van der Waals surface area contributed by atoms with E-state index in [-0.39, 0.29) is 16.3 Å². The highest BCUT2D eigenvalue weighted by atomic mass is 35.5. The van der Waals surface area contributed by atoms with Gasteiger partial charge in [-0.05, 0) is 31.5 Å². The van der Waals surface area contributed by atoms with Gasteiger partial charge in [-0.25, -0.2) is 0 Å². The molecule has 112 valence electrons. The van der Waals surface area contributed by atoms with Crippen molar-refractivity contribution in [3.63, 3.8) is 0 Å². The summed E-state index contributed by atoms with van der Waals surface area (Å²) < 4.78 is 0. The third-order valence-electron chi connectivity index (χ3n) is 3.13. The SMILES string of the molecule is Cc1sc(NC(=O)c2ccc(Cl)c([N+](=O)[O-])c2)c(C#N)c1C. The number of nitrogens with one attached hydrogen (secondary N) is 1. The fourth-order valence-electron chi connectivity index (χ4n) is 1.82. The number of carbonyl (C=O) groups excluding carboxylic acids is 1. The zero-order valence-corrected chi connectivity index (χ0v) is 13.2. The highest BCUT2D eigenvalue weighted by Gasteiger charge is 2.19. The lowest BCUT2D eigenvalue weighted by atomic mass is 10.1.